The Morgan fingerprint density at radius 1 is 0.846 bits per heavy atom. The Hall–Kier alpha value is -2.68. The van der Waals surface area contributed by atoms with Crippen molar-refractivity contribution in [3.8, 4) is 11.1 Å². The van der Waals surface area contributed by atoms with E-state index >= 15 is 0 Å². The summed E-state index contributed by atoms with van der Waals surface area (Å²) in [7, 11) is 2.10. The van der Waals surface area contributed by atoms with Crippen molar-refractivity contribution in [2.24, 2.45) is 0 Å². The third-order valence-electron chi connectivity index (χ3n) is 5.00. The summed E-state index contributed by atoms with van der Waals surface area (Å²) in [6, 6.07) is 24.9. The van der Waals surface area contributed by atoms with Crippen LogP contribution in [-0.4, -0.2) is 32.4 Å². The molecule has 3 nitrogen and oxygen atoms in total. The van der Waals surface area contributed by atoms with E-state index in [0.717, 1.165) is 38.0 Å². The fraction of sp³-hybridized carbons (Fsp3) is 0.0909. The standard InChI is InChI=1S/C22H18N2OSe/c1-23-15-24(17-7-3-2-4-8-17)14-20(23)16-11-12-19-18-9-5-6-10-21(18)26(25)22(19)13-16/h2-14H,15H2,1H3. The molecule has 0 N–H and O–H groups in total. The van der Waals surface area contributed by atoms with Crippen molar-refractivity contribution < 1.29 is 3.83 Å². The minimum absolute atomic E-state index is 0.813. The Labute approximate surface area is 157 Å². The van der Waals surface area contributed by atoms with Crippen LogP contribution in [0, 0.1) is 0 Å². The zero-order valence-corrected chi connectivity index (χ0v) is 16.1. The van der Waals surface area contributed by atoms with Crippen molar-refractivity contribution in [1.29, 1.82) is 0 Å². The summed E-state index contributed by atoms with van der Waals surface area (Å²) >= 11 is -2.17. The normalized spacial score (nSPS) is 17.9. The summed E-state index contributed by atoms with van der Waals surface area (Å²) in [5, 5.41) is 0. The Kier molecular flexibility index (Phi) is 3.56. The van der Waals surface area contributed by atoms with E-state index in [0.29, 0.717) is 0 Å². The van der Waals surface area contributed by atoms with Gasteiger partial charge in [0.05, 0.1) is 0 Å². The molecule has 0 amide bonds. The van der Waals surface area contributed by atoms with Gasteiger partial charge < -0.3 is 0 Å². The molecule has 4 heteroatoms. The van der Waals surface area contributed by atoms with Gasteiger partial charge in [-0.3, -0.25) is 0 Å². The van der Waals surface area contributed by atoms with Gasteiger partial charge in [-0.15, -0.1) is 0 Å². The first-order chi connectivity index (χ1) is 12.7. The summed E-state index contributed by atoms with van der Waals surface area (Å²) in [6.45, 7) is 0.813. The number of rotatable bonds is 2. The van der Waals surface area contributed by atoms with Crippen molar-refractivity contribution >= 4 is 34.1 Å². The maximum atomic E-state index is 13.0. The van der Waals surface area contributed by atoms with Crippen LogP contribution < -0.4 is 13.8 Å². The molecule has 128 valence electrons. The fourth-order valence-electron chi connectivity index (χ4n) is 3.69. The molecule has 0 bridgehead atoms. The van der Waals surface area contributed by atoms with Crippen LogP contribution in [0.2, 0.25) is 0 Å². The van der Waals surface area contributed by atoms with Crippen LogP contribution in [-0.2, 0) is 3.83 Å². The van der Waals surface area contributed by atoms with E-state index in [-0.39, 0.29) is 0 Å². The van der Waals surface area contributed by atoms with Gasteiger partial charge in [-0.05, 0) is 0 Å². The topological polar surface area (TPSA) is 23.6 Å². The number of hydrogen-bond donors (Lipinski definition) is 0. The van der Waals surface area contributed by atoms with Crippen molar-refractivity contribution in [3.05, 3.63) is 84.6 Å². The molecule has 3 aromatic carbocycles. The minimum atomic E-state index is -2.17. The summed E-state index contributed by atoms with van der Waals surface area (Å²) in [6.07, 6.45) is 2.18. The van der Waals surface area contributed by atoms with Gasteiger partial charge >= 0.3 is 157 Å². The predicted molar refractivity (Wildman–Crippen MR) is 107 cm³/mol. The number of anilines is 1. The van der Waals surface area contributed by atoms with Crippen molar-refractivity contribution in [2.45, 2.75) is 0 Å². The average Bonchev–Trinajstić information content (AvgIpc) is 3.21. The number of nitrogens with zero attached hydrogens (tertiary/aromatic N) is 2. The second kappa shape index (κ2) is 5.94. The summed E-state index contributed by atoms with van der Waals surface area (Å²) in [4.78, 5) is 4.47. The Balaban J connectivity index is 1.55. The van der Waals surface area contributed by atoms with Crippen molar-refractivity contribution in [1.82, 2.24) is 4.90 Å². The van der Waals surface area contributed by atoms with Gasteiger partial charge in [0.1, 0.15) is 0 Å². The third-order valence-corrected chi connectivity index (χ3v) is 8.13. The molecule has 3 aromatic rings. The number of fused-ring (bicyclic) bond motifs is 3. The average molecular weight is 405 g/mol. The first-order valence-corrected chi connectivity index (χ1v) is 11.0. The fourth-order valence-corrected chi connectivity index (χ4v) is 6.69. The monoisotopic (exact) mass is 406 g/mol. The number of hydrogen-bond acceptors (Lipinski definition) is 3. The Morgan fingerprint density at radius 2 is 1.58 bits per heavy atom. The molecule has 5 rings (SSSR count). The van der Waals surface area contributed by atoms with Crippen LogP contribution in [0.25, 0.3) is 16.8 Å². The van der Waals surface area contributed by atoms with E-state index in [1.165, 1.54) is 5.69 Å². The molecule has 0 radical (unpaired) electrons. The summed E-state index contributed by atoms with van der Waals surface area (Å²) < 4.78 is 15.0. The van der Waals surface area contributed by atoms with Crippen molar-refractivity contribution in [3.63, 3.8) is 0 Å². The van der Waals surface area contributed by atoms with E-state index in [9.17, 15) is 3.83 Å². The van der Waals surface area contributed by atoms with Gasteiger partial charge in [0.15, 0.2) is 0 Å². The molecule has 0 aliphatic carbocycles. The van der Waals surface area contributed by atoms with Gasteiger partial charge in [-0.2, -0.15) is 0 Å². The van der Waals surface area contributed by atoms with Gasteiger partial charge in [0, 0.05) is 0 Å². The first-order valence-electron chi connectivity index (χ1n) is 8.62. The van der Waals surface area contributed by atoms with Crippen LogP contribution in [0.1, 0.15) is 5.56 Å². The molecule has 0 fully saturated rings. The van der Waals surface area contributed by atoms with Gasteiger partial charge in [-0.25, -0.2) is 0 Å². The van der Waals surface area contributed by atoms with Crippen LogP contribution >= 0.6 is 0 Å². The van der Waals surface area contributed by atoms with Crippen LogP contribution in [0.5, 0.6) is 0 Å². The molecule has 2 heterocycles. The Morgan fingerprint density at radius 3 is 2.42 bits per heavy atom. The van der Waals surface area contributed by atoms with Crippen LogP contribution in [0.4, 0.5) is 5.69 Å². The zero-order valence-electron chi connectivity index (χ0n) is 14.4. The summed E-state index contributed by atoms with van der Waals surface area (Å²) in [5.41, 5.74) is 5.73. The molecule has 1 unspecified atom stereocenters. The number of benzene rings is 3. The van der Waals surface area contributed by atoms with Gasteiger partial charge in [0.2, 0.25) is 0 Å². The number of para-hydroxylation sites is 1. The third kappa shape index (κ3) is 2.34. The molecule has 0 saturated carbocycles. The van der Waals surface area contributed by atoms with E-state index in [2.05, 4.69) is 71.6 Å². The first kappa shape index (κ1) is 15.6. The van der Waals surface area contributed by atoms with Crippen LogP contribution in [0.3, 0.4) is 0 Å². The molecule has 0 aromatic heterocycles. The maximum absolute atomic E-state index is 13.0. The van der Waals surface area contributed by atoms with E-state index < -0.39 is 13.8 Å². The molecule has 0 spiro atoms. The second-order valence-electron chi connectivity index (χ2n) is 6.63. The van der Waals surface area contributed by atoms with E-state index in [4.69, 9.17) is 0 Å². The molecular weight excluding hydrogens is 387 g/mol. The predicted octanol–water partition coefficient (Wildman–Crippen LogP) is 2.91. The molecule has 2 aliphatic heterocycles. The molecular formula is C22H18N2OSe. The quantitative estimate of drug-likeness (QED) is 0.479. The molecule has 0 saturated heterocycles. The summed E-state index contributed by atoms with van der Waals surface area (Å²) in [5.74, 6) is 0. The molecule has 1 atom stereocenters. The SMILES string of the molecule is CN1CN(c2ccccc2)C=C1c1ccc2c(c1)[Se](=O)c1ccccc1-2. The second-order valence-corrected chi connectivity index (χ2v) is 9.61. The van der Waals surface area contributed by atoms with Gasteiger partial charge in [-0.1, -0.05) is 0 Å². The van der Waals surface area contributed by atoms with Gasteiger partial charge in [0.25, 0.3) is 0 Å². The van der Waals surface area contributed by atoms with E-state index in [1.807, 2.05) is 24.3 Å². The molecule has 26 heavy (non-hydrogen) atoms. The van der Waals surface area contributed by atoms with E-state index in [1.54, 1.807) is 0 Å². The molecule has 2 aliphatic rings. The zero-order chi connectivity index (χ0) is 17.7. The van der Waals surface area contributed by atoms with Crippen molar-refractivity contribution in [2.75, 3.05) is 18.6 Å². The van der Waals surface area contributed by atoms with Crippen LogP contribution in [0.15, 0.2) is 79.0 Å². The Bertz CT molecular complexity index is 1060.